The van der Waals surface area contributed by atoms with Gasteiger partial charge >= 0.3 is 0 Å². The molecule has 0 aliphatic rings. The number of rotatable bonds is 3. The van der Waals surface area contributed by atoms with Crippen LogP contribution in [-0.4, -0.2) is 26.7 Å². The molecule has 0 aliphatic heterocycles. The molecule has 6 heteroatoms. The Kier molecular flexibility index (Phi) is 5.60. The number of benzene rings is 1. The molecular weight excluding hydrogens is 298 g/mol. The van der Waals surface area contributed by atoms with Crippen LogP contribution in [0.5, 0.6) is 0 Å². The van der Waals surface area contributed by atoms with Gasteiger partial charge in [0.25, 0.3) is 0 Å². The van der Waals surface area contributed by atoms with E-state index in [-0.39, 0.29) is 21.9 Å². The van der Waals surface area contributed by atoms with Crippen LogP contribution in [0.15, 0.2) is 23.1 Å². The van der Waals surface area contributed by atoms with Crippen molar-refractivity contribution in [2.75, 3.05) is 13.2 Å². The normalized spacial score (nSPS) is 11.8. The van der Waals surface area contributed by atoms with Gasteiger partial charge in [-0.1, -0.05) is 44.2 Å². The Bertz CT molecular complexity index is 637. The summed E-state index contributed by atoms with van der Waals surface area (Å²) in [5.41, 5.74) is 0.394. The Morgan fingerprint density at radius 3 is 2.50 bits per heavy atom. The van der Waals surface area contributed by atoms with E-state index >= 15 is 0 Å². The monoisotopic (exact) mass is 315 g/mol. The SMILES string of the molecule is CC(C)(C)CNS(=O)(=O)c1ccc(C#CCO)cc1Cl. The lowest BCUT2D eigenvalue weighted by atomic mass is 9.98. The van der Waals surface area contributed by atoms with Gasteiger partial charge in [-0.25, -0.2) is 13.1 Å². The number of aliphatic hydroxyl groups excluding tert-OH is 1. The Labute approximate surface area is 125 Å². The fourth-order valence-corrected chi connectivity index (χ4v) is 3.15. The molecule has 2 N–H and O–H groups in total. The van der Waals surface area contributed by atoms with Crippen LogP contribution >= 0.6 is 11.6 Å². The lowest BCUT2D eigenvalue weighted by Crippen LogP contribution is -2.32. The zero-order chi connectivity index (χ0) is 15.4. The summed E-state index contributed by atoms with van der Waals surface area (Å²) >= 11 is 5.99. The molecule has 0 amide bonds. The number of sulfonamides is 1. The van der Waals surface area contributed by atoms with E-state index in [0.717, 1.165) is 0 Å². The van der Waals surface area contributed by atoms with Crippen LogP contribution in [0, 0.1) is 17.3 Å². The molecule has 1 aromatic rings. The van der Waals surface area contributed by atoms with Gasteiger partial charge in [-0.3, -0.25) is 0 Å². The molecule has 4 nitrogen and oxygen atoms in total. The number of hydrogen-bond donors (Lipinski definition) is 2. The summed E-state index contributed by atoms with van der Waals surface area (Å²) in [6.45, 7) is 5.86. The van der Waals surface area contributed by atoms with Gasteiger partial charge in [-0.05, 0) is 23.6 Å². The second-order valence-corrected chi connectivity index (χ2v) is 7.63. The molecule has 110 valence electrons. The second-order valence-electron chi connectivity index (χ2n) is 5.49. The van der Waals surface area contributed by atoms with Crippen molar-refractivity contribution < 1.29 is 13.5 Å². The number of hydrogen-bond acceptors (Lipinski definition) is 3. The van der Waals surface area contributed by atoms with Crippen molar-refractivity contribution >= 4 is 21.6 Å². The van der Waals surface area contributed by atoms with Gasteiger partial charge in [0.15, 0.2) is 0 Å². The Morgan fingerprint density at radius 2 is 2.00 bits per heavy atom. The molecule has 0 atom stereocenters. The number of nitrogens with one attached hydrogen (secondary N) is 1. The minimum atomic E-state index is -3.64. The van der Waals surface area contributed by atoms with E-state index in [1.54, 1.807) is 6.07 Å². The van der Waals surface area contributed by atoms with E-state index in [1.165, 1.54) is 12.1 Å². The third-order valence-corrected chi connectivity index (χ3v) is 4.21. The molecule has 1 rings (SSSR count). The summed E-state index contributed by atoms with van der Waals surface area (Å²) < 4.78 is 26.8. The molecule has 0 bridgehead atoms. The highest BCUT2D eigenvalue weighted by atomic mass is 35.5. The molecular formula is C14H18ClNO3S. The lowest BCUT2D eigenvalue weighted by Gasteiger charge is -2.19. The lowest BCUT2D eigenvalue weighted by molar-refractivity contribution is 0.350. The zero-order valence-corrected chi connectivity index (χ0v) is 13.3. The zero-order valence-electron chi connectivity index (χ0n) is 11.7. The average molecular weight is 316 g/mol. The maximum Gasteiger partial charge on any atom is 0.242 e. The quantitative estimate of drug-likeness (QED) is 0.839. The number of halogens is 1. The van der Waals surface area contributed by atoms with Crippen molar-refractivity contribution in [2.45, 2.75) is 25.7 Å². The summed E-state index contributed by atoms with van der Waals surface area (Å²) in [6.07, 6.45) is 0. The molecule has 0 unspecified atom stereocenters. The van der Waals surface area contributed by atoms with E-state index in [2.05, 4.69) is 16.6 Å². The van der Waals surface area contributed by atoms with Crippen molar-refractivity contribution in [3.05, 3.63) is 28.8 Å². The van der Waals surface area contributed by atoms with Crippen LogP contribution in [-0.2, 0) is 10.0 Å². The van der Waals surface area contributed by atoms with Crippen molar-refractivity contribution in [3.63, 3.8) is 0 Å². The maximum atomic E-state index is 12.2. The molecule has 0 spiro atoms. The number of aliphatic hydroxyl groups is 1. The predicted molar refractivity (Wildman–Crippen MR) is 80.1 cm³/mol. The highest BCUT2D eigenvalue weighted by Crippen LogP contribution is 2.23. The minimum absolute atomic E-state index is 0.0259. The summed E-state index contributed by atoms with van der Waals surface area (Å²) in [7, 11) is -3.64. The van der Waals surface area contributed by atoms with Crippen LogP contribution in [0.25, 0.3) is 0 Å². The molecule has 0 saturated heterocycles. The smallest absolute Gasteiger partial charge is 0.242 e. The van der Waals surface area contributed by atoms with E-state index < -0.39 is 10.0 Å². The van der Waals surface area contributed by atoms with Crippen molar-refractivity contribution in [2.24, 2.45) is 5.41 Å². The van der Waals surface area contributed by atoms with Crippen LogP contribution in [0.2, 0.25) is 5.02 Å². The van der Waals surface area contributed by atoms with Crippen LogP contribution < -0.4 is 4.72 Å². The van der Waals surface area contributed by atoms with Crippen molar-refractivity contribution in [1.29, 1.82) is 0 Å². The first kappa shape index (κ1) is 17.0. The summed E-state index contributed by atoms with van der Waals surface area (Å²) in [5, 5.41) is 8.72. The van der Waals surface area contributed by atoms with Gasteiger partial charge in [-0.2, -0.15) is 0 Å². The third-order valence-electron chi connectivity index (χ3n) is 2.33. The van der Waals surface area contributed by atoms with Gasteiger partial charge in [0, 0.05) is 12.1 Å². The second kappa shape index (κ2) is 6.59. The molecule has 0 radical (unpaired) electrons. The van der Waals surface area contributed by atoms with Gasteiger partial charge in [-0.15, -0.1) is 0 Å². The van der Waals surface area contributed by atoms with Gasteiger partial charge in [0.05, 0.1) is 5.02 Å². The van der Waals surface area contributed by atoms with E-state index in [9.17, 15) is 8.42 Å². The summed E-state index contributed by atoms with van der Waals surface area (Å²) in [4.78, 5) is 0.0259. The molecule has 0 heterocycles. The third kappa shape index (κ3) is 5.14. The maximum absolute atomic E-state index is 12.2. The minimum Gasteiger partial charge on any atom is -0.384 e. The van der Waals surface area contributed by atoms with Crippen molar-refractivity contribution in [1.82, 2.24) is 4.72 Å². The topological polar surface area (TPSA) is 66.4 Å². The molecule has 0 aromatic heterocycles. The van der Waals surface area contributed by atoms with Gasteiger partial charge in [0.2, 0.25) is 10.0 Å². The highest BCUT2D eigenvalue weighted by molar-refractivity contribution is 7.89. The Morgan fingerprint density at radius 1 is 1.35 bits per heavy atom. The Balaban J connectivity index is 3.02. The predicted octanol–water partition coefficient (Wildman–Crippen LogP) is 2.01. The average Bonchev–Trinajstić information content (AvgIpc) is 2.33. The van der Waals surface area contributed by atoms with Gasteiger partial charge in [0.1, 0.15) is 11.5 Å². The summed E-state index contributed by atoms with van der Waals surface area (Å²) in [5.74, 6) is 5.15. The summed E-state index contributed by atoms with van der Waals surface area (Å²) in [6, 6.07) is 4.44. The van der Waals surface area contributed by atoms with E-state index in [0.29, 0.717) is 12.1 Å². The first-order chi connectivity index (χ1) is 9.15. The highest BCUT2D eigenvalue weighted by Gasteiger charge is 2.20. The molecule has 1 aromatic carbocycles. The first-order valence-corrected chi connectivity index (χ1v) is 7.91. The van der Waals surface area contributed by atoms with Crippen LogP contribution in [0.1, 0.15) is 26.3 Å². The van der Waals surface area contributed by atoms with E-state index in [4.69, 9.17) is 16.7 Å². The van der Waals surface area contributed by atoms with Gasteiger partial charge < -0.3 is 5.11 Å². The fourth-order valence-electron chi connectivity index (χ4n) is 1.33. The largest absolute Gasteiger partial charge is 0.384 e. The van der Waals surface area contributed by atoms with Crippen LogP contribution in [0.3, 0.4) is 0 Å². The van der Waals surface area contributed by atoms with Crippen molar-refractivity contribution in [3.8, 4) is 11.8 Å². The fraction of sp³-hybridized carbons (Fsp3) is 0.429. The molecule has 0 fully saturated rings. The molecule has 0 saturated carbocycles. The molecule has 0 aliphatic carbocycles. The standard InChI is InChI=1S/C14H18ClNO3S/c1-14(2,3)10-16-20(18,19)13-7-6-11(5-4-8-17)9-12(13)15/h6-7,9,16-17H,8,10H2,1-3H3. The van der Waals surface area contributed by atoms with Crippen LogP contribution in [0.4, 0.5) is 0 Å². The Hall–Kier alpha value is -1.06. The molecule has 20 heavy (non-hydrogen) atoms. The first-order valence-electron chi connectivity index (χ1n) is 6.05. The van der Waals surface area contributed by atoms with E-state index in [1.807, 2.05) is 20.8 Å².